The van der Waals surface area contributed by atoms with Crippen LogP contribution >= 0.6 is 0 Å². The van der Waals surface area contributed by atoms with E-state index in [9.17, 15) is 0 Å². The second kappa shape index (κ2) is 14.9. The van der Waals surface area contributed by atoms with Gasteiger partial charge < -0.3 is 24.4 Å². The molecular weight excluding hydrogens is 472 g/mol. The highest BCUT2D eigenvalue weighted by Gasteiger charge is 2.21. The summed E-state index contributed by atoms with van der Waals surface area (Å²) in [5.74, 6) is 0.266. The number of aromatic nitrogens is 2. The molecule has 9 heteroatoms. The minimum atomic E-state index is -0.833. The summed E-state index contributed by atoms with van der Waals surface area (Å²) in [6, 6.07) is 4.72. The molecule has 1 aromatic heterocycles. The second-order valence-electron chi connectivity index (χ2n) is 10.2. The van der Waals surface area contributed by atoms with Gasteiger partial charge in [0.05, 0.1) is 19.3 Å². The van der Waals surface area contributed by atoms with Gasteiger partial charge in [0, 0.05) is 51.4 Å². The molecule has 0 bridgehead atoms. The Kier molecular flexibility index (Phi) is 12.2. The van der Waals surface area contributed by atoms with Gasteiger partial charge in [0.2, 0.25) is 0 Å². The van der Waals surface area contributed by atoms with Crippen molar-refractivity contribution in [2.24, 2.45) is 5.92 Å². The first-order valence-electron chi connectivity index (χ1n) is 13.0. The van der Waals surface area contributed by atoms with Crippen molar-refractivity contribution < 1.29 is 24.5 Å². The maximum atomic E-state index is 9.00. The molecule has 37 heavy (non-hydrogen) atoms. The molecule has 0 saturated carbocycles. The SMILES string of the molecule is CC(=O)O.CC(=O)O.Cc1cc(C)c(-c2nccn2CC2CN(C)CCO2)cc1CN1CCC(C)CC1. The Morgan fingerprint density at radius 2 is 1.68 bits per heavy atom. The van der Waals surface area contributed by atoms with Crippen molar-refractivity contribution in [3.05, 3.63) is 41.2 Å². The van der Waals surface area contributed by atoms with Gasteiger partial charge in [-0.2, -0.15) is 0 Å². The zero-order chi connectivity index (χ0) is 27.5. The second-order valence-corrected chi connectivity index (χ2v) is 10.2. The van der Waals surface area contributed by atoms with Crippen molar-refractivity contribution in [1.29, 1.82) is 0 Å². The van der Waals surface area contributed by atoms with Gasteiger partial charge in [-0.15, -0.1) is 0 Å². The number of rotatable bonds is 5. The summed E-state index contributed by atoms with van der Waals surface area (Å²) >= 11 is 0. The highest BCUT2D eigenvalue weighted by atomic mass is 16.5. The number of benzene rings is 1. The molecular formula is C28H44N4O5. The van der Waals surface area contributed by atoms with Crippen molar-refractivity contribution in [2.75, 3.05) is 39.8 Å². The summed E-state index contributed by atoms with van der Waals surface area (Å²) in [5.41, 5.74) is 5.38. The number of piperidine rings is 1. The van der Waals surface area contributed by atoms with E-state index in [-0.39, 0.29) is 6.10 Å². The fourth-order valence-corrected chi connectivity index (χ4v) is 4.67. The lowest BCUT2D eigenvalue weighted by atomic mass is 9.96. The number of likely N-dealkylation sites (N-methyl/N-ethyl adjacent to an activating group) is 1. The van der Waals surface area contributed by atoms with Crippen molar-refractivity contribution in [2.45, 2.75) is 66.7 Å². The van der Waals surface area contributed by atoms with Crippen molar-refractivity contribution in [1.82, 2.24) is 19.4 Å². The van der Waals surface area contributed by atoms with Crippen LogP contribution in [0.2, 0.25) is 0 Å². The van der Waals surface area contributed by atoms with E-state index in [1.54, 1.807) is 0 Å². The van der Waals surface area contributed by atoms with Gasteiger partial charge in [-0.05, 0) is 75.5 Å². The average Bonchev–Trinajstić information content (AvgIpc) is 3.24. The number of hydrogen-bond donors (Lipinski definition) is 2. The zero-order valence-corrected chi connectivity index (χ0v) is 23.2. The smallest absolute Gasteiger partial charge is 0.300 e. The van der Waals surface area contributed by atoms with E-state index in [4.69, 9.17) is 29.5 Å². The Labute approximate surface area is 221 Å². The van der Waals surface area contributed by atoms with Crippen LogP contribution in [0.15, 0.2) is 24.5 Å². The molecule has 0 aliphatic carbocycles. The summed E-state index contributed by atoms with van der Waals surface area (Å²) < 4.78 is 8.27. The first-order chi connectivity index (χ1) is 17.5. The number of morpholine rings is 1. The number of aliphatic carboxylic acids is 2. The molecule has 2 aliphatic rings. The molecule has 1 aromatic carbocycles. The number of likely N-dealkylation sites (tertiary alicyclic amines) is 1. The van der Waals surface area contributed by atoms with Crippen molar-refractivity contribution >= 4 is 11.9 Å². The number of imidazole rings is 1. The van der Waals surface area contributed by atoms with Gasteiger partial charge in [0.1, 0.15) is 5.82 Å². The summed E-state index contributed by atoms with van der Waals surface area (Å²) in [4.78, 5) is 27.7. The normalized spacial score (nSPS) is 18.8. The van der Waals surface area contributed by atoms with Crippen LogP contribution in [0.4, 0.5) is 0 Å². The van der Waals surface area contributed by atoms with Crippen LogP contribution in [-0.2, 0) is 27.4 Å². The average molecular weight is 517 g/mol. The van der Waals surface area contributed by atoms with E-state index in [2.05, 4.69) is 60.5 Å². The Bertz CT molecular complexity index is 994. The third-order valence-corrected chi connectivity index (χ3v) is 6.65. The number of carboxylic acids is 2. The number of ether oxygens (including phenoxy) is 1. The first kappa shape index (κ1) is 30.5. The molecule has 2 saturated heterocycles. The van der Waals surface area contributed by atoms with Crippen LogP contribution in [0.25, 0.3) is 11.4 Å². The predicted molar refractivity (Wildman–Crippen MR) is 145 cm³/mol. The Morgan fingerprint density at radius 3 is 2.27 bits per heavy atom. The van der Waals surface area contributed by atoms with Crippen LogP contribution in [0.5, 0.6) is 0 Å². The highest BCUT2D eigenvalue weighted by molar-refractivity contribution is 5.63. The standard InChI is InChI=1S/C24H36N4O.2C2H4O2/c1-18-5-8-27(9-6-18)15-21-14-23(20(3)13-19(21)2)24-25-7-10-28(24)17-22-16-26(4)11-12-29-22;2*1-2(3)4/h7,10,13-14,18,22H,5-6,8-9,11-12,15-17H2,1-4H3;2*1H3,(H,3,4). The molecule has 1 atom stereocenters. The molecule has 0 spiro atoms. The maximum absolute atomic E-state index is 9.00. The van der Waals surface area contributed by atoms with Gasteiger partial charge >= 0.3 is 0 Å². The minimum absolute atomic E-state index is 0.224. The molecule has 206 valence electrons. The summed E-state index contributed by atoms with van der Waals surface area (Å²) in [6.45, 7) is 16.1. The molecule has 2 N–H and O–H groups in total. The molecule has 0 radical (unpaired) electrons. The lowest BCUT2D eigenvalue weighted by Crippen LogP contribution is -2.41. The lowest BCUT2D eigenvalue weighted by Gasteiger charge is -2.31. The zero-order valence-electron chi connectivity index (χ0n) is 23.2. The maximum Gasteiger partial charge on any atom is 0.300 e. The quantitative estimate of drug-likeness (QED) is 0.616. The van der Waals surface area contributed by atoms with Gasteiger partial charge in [-0.1, -0.05) is 13.0 Å². The summed E-state index contributed by atoms with van der Waals surface area (Å²) in [6.07, 6.45) is 6.88. The Hall–Kier alpha value is -2.75. The summed E-state index contributed by atoms with van der Waals surface area (Å²) in [5, 5.41) is 14.8. The number of nitrogens with zero attached hydrogens (tertiary/aromatic N) is 4. The topological polar surface area (TPSA) is 108 Å². The monoisotopic (exact) mass is 516 g/mol. The third-order valence-electron chi connectivity index (χ3n) is 6.65. The van der Waals surface area contributed by atoms with Gasteiger partial charge in [0.25, 0.3) is 11.9 Å². The molecule has 0 amide bonds. The van der Waals surface area contributed by atoms with E-state index >= 15 is 0 Å². The minimum Gasteiger partial charge on any atom is -0.481 e. The number of aryl methyl sites for hydroxylation is 2. The van der Waals surface area contributed by atoms with E-state index in [1.807, 2.05) is 6.20 Å². The van der Waals surface area contributed by atoms with Crippen LogP contribution in [0.3, 0.4) is 0 Å². The third kappa shape index (κ3) is 10.6. The van der Waals surface area contributed by atoms with Crippen molar-refractivity contribution in [3.63, 3.8) is 0 Å². The van der Waals surface area contributed by atoms with Gasteiger partial charge in [0.15, 0.2) is 0 Å². The number of hydrogen-bond acceptors (Lipinski definition) is 6. The highest BCUT2D eigenvalue weighted by Crippen LogP contribution is 2.28. The predicted octanol–water partition coefficient (Wildman–Crippen LogP) is 3.91. The molecule has 1 unspecified atom stereocenters. The van der Waals surface area contributed by atoms with E-state index in [0.29, 0.717) is 0 Å². The van der Waals surface area contributed by atoms with Gasteiger partial charge in [-0.25, -0.2) is 4.98 Å². The molecule has 3 heterocycles. The van der Waals surface area contributed by atoms with Crippen LogP contribution in [0, 0.1) is 19.8 Å². The van der Waals surface area contributed by atoms with E-state index in [1.165, 1.54) is 48.2 Å². The molecule has 2 aliphatic heterocycles. The molecule has 2 fully saturated rings. The number of carboxylic acid groups (broad SMARTS) is 2. The fraction of sp³-hybridized carbons (Fsp3) is 0.607. The fourth-order valence-electron chi connectivity index (χ4n) is 4.67. The van der Waals surface area contributed by atoms with Crippen LogP contribution in [0.1, 0.15) is 50.3 Å². The van der Waals surface area contributed by atoms with Gasteiger partial charge in [-0.3, -0.25) is 14.5 Å². The van der Waals surface area contributed by atoms with Crippen LogP contribution < -0.4 is 0 Å². The summed E-state index contributed by atoms with van der Waals surface area (Å²) in [7, 11) is 2.17. The Morgan fingerprint density at radius 1 is 1.05 bits per heavy atom. The Balaban J connectivity index is 0.000000530. The lowest BCUT2D eigenvalue weighted by molar-refractivity contribution is -0.135. The van der Waals surface area contributed by atoms with E-state index < -0.39 is 11.9 Å². The first-order valence-corrected chi connectivity index (χ1v) is 13.0. The molecule has 2 aromatic rings. The molecule has 4 rings (SSSR count). The molecule has 9 nitrogen and oxygen atoms in total. The van der Waals surface area contributed by atoms with Crippen LogP contribution in [-0.4, -0.2) is 87.4 Å². The number of carbonyl (C=O) groups is 2. The van der Waals surface area contributed by atoms with Crippen molar-refractivity contribution in [3.8, 4) is 11.4 Å². The van der Waals surface area contributed by atoms with E-state index in [0.717, 1.165) is 58.4 Å². The largest absolute Gasteiger partial charge is 0.481 e.